The molecule has 2 aliphatic rings. The number of amides is 3. The number of hydrogen-bond donors (Lipinski definition) is 3. The Labute approximate surface area is 190 Å². The van der Waals surface area contributed by atoms with Gasteiger partial charge in [0.2, 0.25) is 11.8 Å². The molecule has 2 fully saturated rings. The number of aromatic amines is 1. The molecule has 1 aliphatic heterocycles. The first-order chi connectivity index (χ1) is 16.0. The summed E-state index contributed by atoms with van der Waals surface area (Å²) in [5, 5.41) is 12.9. The quantitative estimate of drug-likeness (QED) is 0.556. The first kappa shape index (κ1) is 21.0. The van der Waals surface area contributed by atoms with E-state index in [-0.39, 0.29) is 24.2 Å². The molecule has 0 bridgehead atoms. The van der Waals surface area contributed by atoms with E-state index in [1.54, 1.807) is 4.90 Å². The lowest BCUT2D eigenvalue weighted by molar-refractivity contribution is -0.132. The van der Waals surface area contributed by atoms with Gasteiger partial charge in [-0.05, 0) is 41.7 Å². The van der Waals surface area contributed by atoms with E-state index in [4.69, 9.17) is 5.11 Å². The van der Waals surface area contributed by atoms with Crippen molar-refractivity contribution in [2.75, 3.05) is 31.5 Å². The third kappa shape index (κ3) is 4.52. The second-order valence-electron chi connectivity index (χ2n) is 8.58. The molecule has 1 saturated heterocycles. The van der Waals surface area contributed by atoms with E-state index in [9.17, 15) is 14.4 Å². The number of carbonyl (C=O) groups excluding carboxylic acids is 2. The number of fused-ring (bicyclic) bond motifs is 1. The van der Waals surface area contributed by atoms with Gasteiger partial charge in [0.1, 0.15) is 11.5 Å². The maximum atomic E-state index is 12.7. The largest absolute Gasteiger partial charge is 0.465 e. The van der Waals surface area contributed by atoms with E-state index in [2.05, 4.69) is 15.3 Å². The minimum Gasteiger partial charge on any atom is -0.465 e. The lowest BCUT2D eigenvalue weighted by Crippen LogP contribution is -2.50. The highest BCUT2D eigenvalue weighted by Crippen LogP contribution is 2.33. The van der Waals surface area contributed by atoms with E-state index in [1.165, 1.54) is 4.90 Å². The summed E-state index contributed by atoms with van der Waals surface area (Å²) in [5.41, 5.74) is 3.52. The molecule has 9 heteroatoms. The summed E-state index contributed by atoms with van der Waals surface area (Å²) in [5.74, 6) is 0.627. The van der Waals surface area contributed by atoms with Gasteiger partial charge in [0.25, 0.3) is 0 Å². The van der Waals surface area contributed by atoms with E-state index in [0.29, 0.717) is 37.6 Å². The molecule has 0 unspecified atom stereocenters. The molecule has 170 valence electrons. The summed E-state index contributed by atoms with van der Waals surface area (Å²) in [6.45, 7) is 1.52. The predicted molar refractivity (Wildman–Crippen MR) is 123 cm³/mol. The fourth-order valence-electron chi connectivity index (χ4n) is 4.15. The van der Waals surface area contributed by atoms with Crippen molar-refractivity contribution in [3.63, 3.8) is 0 Å². The smallest absolute Gasteiger partial charge is 0.407 e. The highest BCUT2D eigenvalue weighted by Gasteiger charge is 2.30. The van der Waals surface area contributed by atoms with Gasteiger partial charge >= 0.3 is 6.09 Å². The van der Waals surface area contributed by atoms with Crippen molar-refractivity contribution in [2.45, 2.75) is 19.3 Å². The average Bonchev–Trinajstić information content (AvgIpc) is 3.57. The van der Waals surface area contributed by atoms with E-state index >= 15 is 0 Å². The number of carbonyl (C=O) groups is 3. The van der Waals surface area contributed by atoms with Crippen molar-refractivity contribution in [3.05, 3.63) is 48.2 Å². The molecule has 3 N–H and O–H groups in total. The number of nitrogens with one attached hydrogen (secondary N) is 2. The normalized spacial score (nSPS) is 16.1. The van der Waals surface area contributed by atoms with E-state index in [0.717, 1.165) is 34.9 Å². The van der Waals surface area contributed by atoms with Crippen molar-refractivity contribution in [3.8, 4) is 11.1 Å². The standard InChI is InChI=1S/C24H25N5O4/c30-21(28-9-11-29(12-10-28)24(32)33)13-15-1-3-16(4-2-15)19-14-20(27-23(31)17-5-6-17)26-22-18(19)7-8-25-22/h1-4,7-8,14,17H,5-6,9-13H2,(H,32,33)(H2,25,26,27,31). The van der Waals surface area contributed by atoms with Crippen LogP contribution in [0.5, 0.6) is 0 Å². The zero-order chi connectivity index (χ0) is 22.9. The van der Waals surface area contributed by atoms with Crippen LogP contribution < -0.4 is 5.32 Å². The second-order valence-corrected chi connectivity index (χ2v) is 8.58. The highest BCUT2D eigenvalue weighted by molar-refractivity contribution is 5.99. The molecule has 3 aromatic rings. The van der Waals surface area contributed by atoms with E-state index in [1.807, 2.05) is 42.6 Å². The van der Waals surface area contributed by atoms with Crippen LogP contribution in [-0.4, -0.2) is 69.0 Å². The van der Waals surface area contributed by atoms with Gasteiger partial charge in [-0.1, -0.05) is 24.3 Å². The molecule has 1 aromatic carbocycles. The van der Waals surface area contributed by atoms with Crippen LogP contribution in [0.25, 0.3) is 22.2 Å². The first-order valence-electron chi connectivity index (χ1n) is 11.1. The third-order valence-corrected chi connectivity index (χ3v) is 6.25. The van der Waals surface area contributed by atoms with Crippen molar-refractivity contribution in [2.24, 2.45) is 5.92 Å². The third-order valence-electron chi connectivity index (χ3n) is 6.25. The molecular formula is C24H25N5O4. The second kappa shape index (κ2) is 8.57. The Bertz CT molecular complexity index is 1210. The van der Waals surface area contributed by atoms with Crippen LogP contribution in [0.2, 0.25) is 0 Å². The van der Waals surface area contributed by atoms with Crippen molar-refractivity contribution < 1.29 is 19.5 Å². The predicted octanol–water partition coefficient (Wildman–Crippen LogP) is 2.94. The highest BCUT2D eigenvalue weighted by atomic mass is 16.4. The monoisotopic (exact) mass is 447 g/mol. The van der Waals surface area contributed by atoms with Crippen molar-refractivity contribution >= 4 is 34.8 Å². The number of pyridine rings is 1. The fourth-order valence-corrected chi connectivity index (χ4v) is 4.15. The van der Waals surface area contributed by atoms with Crippen LogP contribution in [0.3, 0.4) is 0 Å². The Kier molecular flexibility index (Phi) is 5.45. The number of hydrogen-bond acceptors (Lipinski definition) is 4. The molecule has 1 saturated carbocycles. The lowest BCUT2D eigenvalue weighted by atomic mass is 10.0. The van der Waals surface area contributed by atoms with Crippen LogP contribution >= 0.6 is 0 Å². The number of piperazine rings is 1. The summed E-state index contributed by atoms with van der Waals surface area (Å²) in [6.07, 6.45) is 3.01. The summed E-state index contributed by atoms with van der Waals surface area (Å²) in [4.78, 5) is 46.6. The molecule has 1 aliphatic carbocycles. The molecule has 3 amide bonds. The number of aromatic nitrogens is 2. The van der Waals surface area contributed by atoms with Gasteiger partial charge < -0.3 is 25.2 Å². The van der Waals surface area contributed by atoms with E-state index < -0.39 is 6.09 Å². The SMILES string of the molecule is O=C(Nc1cc(-c2ccc(CC(=O)N3CCN(C(=O)O)CC3)cc2)c2cc[nH]c2n1)C1CC1. The summed E-state index contributed by atoms with van der Waals surface area (Å²) in [7, 11) is 0. The molecule has 0 spiro atoms. The fraction of sp³-hybridized carbons (Fsp3) is 0.333. The molecular weight excluding hydrogens is 422 g/mol. The first-order valence-corrected chi connectivity index (χ1v) is 11.1. The maximum Gasteiger partial charge on any atom is 0.407 e. The Morgan fingerprint density at radius 1 is 1.03 bits per heavy atom. The van der Waals surface area contributed by atoms with Gasteiger partial charge in [0, 0.05) is 43.7 Å². The Balaban J connectivity index is 1.30. The molecule has 0 radical (unpaired) electrons. The van der Waals surface area contributed by atoms with Crippen LogP contribution in [0.4, 0.5) is 10.6 Å². The zero-order valence-electron chi connectivity index (χ0n) is 18.1. The summed E-state index contributed by atoms with van der Waals surface area (Å²) < 4.78 is 0. The Hall–Kier alpha value is -3.88. The molecule has 5 rings (SSSR count). The Morgan fingerprint density at radius 3 is 2.39 bits per heavy atom. The molecule has 3 heterocycles. The summed E-state index contributed by atoms with van der Waals surface area (Å²) in [6, 6.07) is 11.7. The number of carboxylic acid groups (broad SMARTS) is 1. The average molecular weight is 447 g/mol. The zero-order valence-corrected chi connectivity index (χ0v) is 18.1. The lowest BCUT2D eigenvalue weighted by Gasteiger charge is -2.33. The van der Waals surface area contributed by atoms with Crippen molar-refractivity contribution in [1.29, 1.82) is 0 Å². The number of nitrogens with zero attached hydrogens (tertiary/aromatic N) is 3. The van der Waals surface area contributed by atoms with Gasteiger partial charge in [0.15, 0.2) is 0 Å². The van der Waals surface area contributed by atoms with Crippen LogP contribution in [0, 0.1) is 5.92 Å². The minimum absolute atomic E-state index is 0.00482. The van der Waals surface area contributed by atoms with Crippen LogP contribution in [-0.2, 0) is 16.0 Å². The molecule has 33 heavy (non-hydrogen) atoms. The number of rotatable bonds is 5. The Morgan fingerprint density at radius 2 is 1.73 bits per heavy atom. The van der Waals surface area contributed by atoms with Gasteiger partial charge in [-0.25, -0.2) is 9.78 Å². The van der Waals surface area contributed by atoms with Crippen LogP contribution in [0.1, 0.15) is 18.4 Å². The molecule has 2 aromatic heterocycles. The topological polar surface area (TPSA) is 119 Å². The molecule has 0 atom stereocenters. The molecule has 9 nitrogen and oxygen atoms in total. The van der Waals surface area contributed by atoms with Gasteiger partial charge in [-0.2, -0.15) is 0 Å². The minimum atomic E-state index is -0.944. The summed E-state index contributed by atoms with van der Waals surface area (Å²) >= 11 is 0. The van der Waals surface area contributed by atoms with Crippen molar-refractivity contribution in [1.82, 2.24) is 19.8 Å². The number of anilines is 1. The van der Waals surface area contributed by atoms with Crippen LogP contribution in [0.15, 0.2) is 42.6 Å². The van der Waals surface area contributed by atoms with Gasteiger partial charge in [-0.15, -0.1) is 0 Å². The number of H-pyrrole nitrogens is 1. The van der Waals surface area contributed by atoms with Gasteiger partial charge in [0.05, 0.1) is 6.42 Å². The maximum absolute atomic E-state index is 12.7. The van der Waals surface area contributed by atoms with Gasteiger partial charge in [-0.3, -0.25) is 9.59 Å². The number of benzene rings is 1.